The number of aliphatic imine (C=N–C) groups is 1. The van der Waals surface area contributed by atoms with E-state index in [-0.39, 0.29) is 5.69 Å². The summed E-state index contributed by atoms with van der Waals surface area (Å²) in [5.41, 5.74) is 9.93. The number of hydrogen-bond acceptors (Lipinski definition) is 3. The Labute approximate surface area is 163 Å². The third-order valence-electron chi connectivity index (χ3n) is 4.06. The molecule has 0 saturated carbocycles. The van der Waals surface area contributed by atoms with Gasteiger partial charge in [-0.15, -0.1) is 0 Å². The highest BCUT2D eigenvalue weighted by Crippen LogP contribution is 2.13. The number of nitro benzene ring substituents is 1. The fourth-order valence-electron chi connectivity index (χ4n) is 2.51. The minimum absolute atomic E-state index is 0.0570. The fourth-order valence-corrected chi connectivity index (χ4v) is 2.51. The molecule has 0 heterocycles. The molecule has 0 unspecified atom stereocenters. The summed E-state index contributed by atoms with van der Waals surface area (Å²) >= 11 is 0. The number of nitrogens with two attached hydrogens (primary N) is 1. The van der Waals surface area contributed by atoms with Crippen LogP contribution in [0.5, 0.6) is 0 Å². The van der Waals surface area contributed by atoms with Crippen LogP contribution in [0.2, 0.25) is 0 Å². The van der Waals surface area contributed by atoms with E-state index in [1.807, 2.05) is 60.7 Å². The molecule has 0 aromatic heterocycles. The average molecular weight is 369 g/mol. The maximum absolute atomic E-state index is 10.7. The van der Waals surface area contributed by atoms with Gasteiger partial charge in [-0.1, -0.05) is 66.7 Å². The molecule has 2 N–H and O–H groups in total. The van der Waals surface area contributed by atoms with Gasteiger partial charge in [0.05, 0.1) is 4.92 Å². The molecule has 0 spiro atoms. The summed E-state index contributed by atoms with van der Waals surface area (Å²) in [4.78, 5) is 14.5. The van der Waals surface area contributed by atoms with Crippen molar-refractivity contribution in [2.75, 3.05) is 0 Å². The molecule has 3 rings (SSSR count). The maximum Gasteiger partial charge on any atom is 0.269 e. The Morgan fingerprint density at radius 1 is 0.786 bits per heavy atom. The predicted octanol–water partition coefficient (Wildman–Crippen LogP) is 5.14. The van der Waals surface area contributed by atoms with E-state index >= 15 is 0 Å². The van der Waals surface area contributed by atoms with Crippen molar-refractivity contribution in [3.05, 3.63) is 117 Å². The van der Waals surface area contributed by atoms with Crippen LogP contribution in [0, 0.1) is 10.1 Å². The lowest BCUT2D eigenvalue weighted by atomic mass is 10.1. The lowest BCUT2D eigenvalue weighted by Gasteiger charge is -2.00. The second kappa shape index (κ2) is 9.09. The van der Waals surface area contributed by atoms with E-state index in [4.69, 9.17) is 5.73 Å². The first-order valence-electron chi connectivity index (χ1n) is 8.70. The Balaban J connectivity index is 1.64. The highest BCUT2D eigenvalue weighted by Gasteiger charge is 2.02. The van der Waals surface area contributed by atoms with Gasteiger partial charge in [-0.05, 0) is 34.9 Å². The average Bonchev–Trinajstić information content (AvgIpc) is 2.73. The number of amidine groups is 1. The molecule has 0 amide bonds. The summed E-state index contributed by atoms with van der Waals surface area (Å²) < 4.78 is 0. The van der Waals surface area contributed by atoms with E-state index in [2.05, 4.69) is 11.1 Å². The molecule has 0 saturated heterocycles. The van der Waals surface area contributed by atoms with Crippen molar-refractivity contribution in [1.29, 1.82) is 0 Å². The molecule has 3 aromatic rings. The van der Waals surface area contributed by atoms with Gasteiger partial charge in [-0.3, -0.25) is 10.1 Å². The van der Waals surface area contributed by atoms with E-state index in [9.17, 15) is 10.1 Å². The molecule has 138 valence electrons. The molecule has 0 aliphatic heterocycles. The number of hydrogen-bond donors (Lipinski definition) is 1. The van der Waals surface area contributed by atoms with Gasteiger partial charge in [-0.25, -0.2) is 4.99 Å². The molecule has 0 radical (unpaired) electrons. The number of nitro groups is 1. The van der Waals surface area contributed by atoms with E-state index < -0.39 is 4.92 Å². The lowest BCUT2D eigenvalue weighted by Crippen LogP contribution is -2.12. The zero-order valence-corrected chi connectivity index (χ0v) is 15.1. The van der Waals surface area contributed by atoms with Crippen molar-refractivity contribution in [3.63, 3.8) is 0 Å². The highest BCUT2D eigenvalue weighted by atomic mass is 16.6. The van der Waals surface area contributed by atoms with Crippen LogP contribution in [-0.2, 0) is 0 Å². The number of benzene rings is 3. The molecule has 0 bridgehead atoms. The van der Waals surface area contributed by atoms with Gasteiger partial charge in [0.2, 0.25) is 0 Å². The summed E-state index contributed by atoms with van der Waals surface area (Å²) in [7, 11) is 0. The van der Waals surface area contributed by atoms with Crippen molar-refractivity contribution in [2.45, 2.75) is 0 Å². The Kier molecular flexibility index (Phi) is 6.10. The van der Waals surface area contributed by atoms with Crippen LogP contribution in [0.4, 0.5) is 5.69 Å². The first-order valence-corrected chi connectivity index (χ1v) is 8.70. The van der Waals surface area contributed by atoms with Crippen molar-refractivity contribution in [1.82, 2.24) is 0 Å². The summed E-state index contributed by atoms with van der Waals surface area (Å²) in [6.45, 7) is 0. The van der Waals surface area contributed by atoms with Gasteiger partial charge < -0.3 is 5.73 Å². The third-order valence-corrected chi connectivity index (χ3v) is 4.06. The lowest BCUT2D eigenvalue weighted by molar-refractivity contribution is -0.384. The second-order valence-corrected chi connectivity index (χ2v) is 6.04. The van der Waals surface area contributed by atoms with Gasteiger partial charge in [0.25, 0.3) is 5.69 Å². The smallest absolute Gasteiger partial charge is 0.269 e. The number of rotatable bonds is 6. The summed E-state index contributed by atoms with van der Waals surface area (Å²) in [5.74, 6) is 0.400. The fraction of sp³-hybridized carbons (Fsp3) is 0. The Morgan fingerprint density at radius 3 is 1.93 bits per heavy atom. The summed E-state index contributed by atoms with van der Waals surface area (Å²) in [5, 5.41) is 10.7. The van der Waals surface area contributed by atoms with Gasteiger partial charge in [0.15, 0.2) is 0 Å². The summed E-state index contributed by atoms with van der Waals surface area (Å²) in [6, 6.07) is 24.1. The molecule has 5 heteroatoms. The first-order chi connectivity index (χ1) is 13.6. The van der Waals surface area contributed by atoms with E-state index in [1.165, 1.54) is 12.1 Å². The van der Waals surface area contributed by atoms with Gasteiger partial charge in [0.1, 0.15) is 5.84 Å². The second-order valence-electron chi connectivity index (χ2n) is 6.04. The standard InChI is InChI=1S/C23H19N3O2/c24-23(25-17-16-20-10-14-22(15-11-20)26(27)28)21-12-8-19(9-13-21)7-6-18-4-2-1-3-5-18/h1-17H,(H2,24,25). The maximum atomic E-state index is 10.7. The Hall–Kier alpha value is -3.99. The van der Waals surface area contributed by atoms with Crippen molar-refractivity contribution >= 4 is 29.8 Å². The van der Waals surface area contributed by atoms with E-state index in [1.54, 1.807) is 24.4 Å². The van der Waals surface area contributed by atoms with Crippen LogP contribution in [0.1, 0.15) is 22.3 Å². The minimum Gasteiger partial charge on any atom is -0.383 e. The Bertz CT molecular complexity index is 1020. The van der Waals surface area contributed by atoms with Crippen LogP contribution in [0.3, 0.4) is 0 Å². The molecule has 5 nitrogen and oxygen atoms in total. The van der Waals surface area contributed by atoms with Crippen molar-refractivity contribution < 1.29 is 4.92 Å². The SMILES string of the molecule is NC(=NC=Cc1ccc([N+](=O)[O-])cc1)c1ccc(C=Cc2ccccc2)cc1. The quantitative estimate of drug-likeness (QED) is 0.215. The van der Waals surface area contributed by atoms with E-state index in [0.717, 1.165) is 22.3 Å². The zero-order chi connectivity index (χ0) is 19.8. The van der Waals surface area contributed by atoms with E-state index in [0.29, 0.717) is 5.84 Å². The van der Waals surface area contributed by atoms with Crippen LogP contribution in [0.25, 0.3) is 18.2 Å². The molecule has 0 atom stereocenters. The summed E-state index contributed by atoms with van der Waals surface area (Å²) in [6.07, 6.45) is 7.42. The monoisotopic (exact) mass is 369 g/mol. The number of non-ortho nitro benzene ring substituents is 1. The molecule has 3 aromatic carbocycles. The molecular weight excluding hydrogens is 350 g/mol. The number of nitrogens with zero attached hydrogens (tertiary/aromatic N) is 2. The topological polar surface area (TPSA) is 81.5 Å². The molecular formula is C23H19N3O2. The normalized spacial score (nSPS) is 11.9. The predicted molar refractivity (Wildman–Crippen MR) is 115 cm³/mol. The van der Waals surface area contributed by atoms with Crippen LogP contribution < -0.4 is 5.73 Å². The van der Waals surface area contributed by atoms with Crippen LogP contribution in [0.15, 0.2) is 90.1 Å². The molecule has 28 heavy (non-hydrogen) atoms. The van der Waals surface area contributed by atoms with Crippen LogP contribution in [-0.4, -0.2) is 10.8 Å². The van der Waals surface area contributed by atoms with Gasteiger partial charge in [0, 0.05) is 23.9 Å². The molecule has 0 aliphatic carbocycles. The van der Waals surface area contributed by atoms with Crippen LogP contribution >= 0.6 is 0 Å². The Morgan fingerprint density at radius 2 is 1.32 bits per heavy atom. The third kappa shape index (κ3) is 5.25. The first kappa shape index (κ1) is 18.8. The zero-order valence-electron chi connectivity index (χ0n) is 15.1. The highest BCUT2D eigenvalue weighted by molar-refractivity contribution is 5.98. The van der Waals surface area contributed by atoms with Gasteiger partial charge >= 0.3 is 0 Å². The van der Waals surface area contributed by atoms with Crippen molar-refractivity contribution in [3.8, 4) is 0 Å². The van der Waals surface area contributed by atoms with Gasteiger partial charge in [-0.2, -0.15) is 0 Å². The molecule has 0 aliphatic rings. The molecule has 0 fully saturated rings. The minimum atomic E-state index is -0.428. The van der Waals surface area contributed by atoms with Crippen molar-refractivity contribution in [2.24, 2.45) is 10.7 Å². The largest absolute Gasteiger partial charge is 0.383 e.